The van der Waals surface area contributed by atoms with Crippen molar-refractivity contribution in [1.29, 1.82) is 0 Å². The summed E-state index contributed by atoms with van der Waals surface area (Å²) in [6.07, 6.45) is 5.15. The summed E-state index contributed by atoms with van der Waals surface area (Å²) in [5.41, 5.74) is 1.16. The van der Waals surface area contributed by atoms with Crippen molar-refractivity contribution >= 4 is 11.8 Å². The van der Waals surface area contributed by atoms with E-state index in [1.165, 1.54) is 12.2 Å². The number of aromatic nitrogens is 2. The van der Waals surface area contributed by atoms with Crippen LogP contribution in [0.15, 0.2) is 12.3 Å². The third-order valence-corrected chi connectivity index (χ3v) is 2.66. The third-order valence-electron chi connectivity index (χ3n) is 1.96. The lowest BCUT2D eigenvalue weighted by atomic mass is 10.2. The van der Waals surface area contributed by atoms with Gasteiger partial charge in [-0.3, -0.25) is 5.10 Å². The minimum atomic E-state index is 0.379. The second-order valence-electron chi connectivity index (χ2n) is 3.03. The second-order valence-corrected chi connectivity index (χ2v) is 4.02. The summed E-state index contributed by atoms with van der Waals surface area (Å²) in [6, 6.07) is 2.39. The molecule has 1 rings (SSSR count). The molecule has 4 heteroatoms. The third kappa shape index (κ3) is 3.83. The van der Waals surface area contributed by atoms with E-state index >= 15 is 0 Å². The number of aromatic amines is 1. The van der Waals surface area contributed by atoms with E-state index in [2.05, 4.69) is 28.7 Å². The number of hydrogen-bond donors (Lipinski definition) is 2. The Bertz CT molecular complexity index is 211. The zero-order valence-corrected chi connectivity index (χ0v) is 9.03. The standard InChI is InChI=1S/C9H17N3S/c1-8(9-4-6-11-12-9)10-5-3-7-13-2/h4,6,8,10H,3,5,7H2,1-2H3,(H,11,12). The average Bonchev–Trinajstić information content (AvgIpc) is 2.65. The molecule has 13 heavy (non-hydrogen) atoms. The Labute approximate surface area is 83.7 Å². The maximum absolute atomic E-state index is 3.92. The van der Waals surface area contributed by atoms with Crippen LogP contribution in [0.1, 0.15) is 25.1 Å². The lowest BCUT2D eigenvalue weighted by Gasteiger charge is -2.10. The number of nitrogens with zero attached hydrogens (tertiary/aromatic N) is 1. The van der Waals surface area contributed by atoms with E-state index in [1.54, 1.807) is 6.20 Å². The van der Waals surface area contributed by atoms with Gasteiger partial charge in [0.05, 0.1) is 5.69 Å². The van der Waals surface area contributed by atoms with Crippen LogP contribution in [0.25, 0.3) is 0 Å². The van der Waals surface area contributed by atoms with Gasteiger partial charge in [-0.05, 0) is 38.0 Å². The minimum absolute atomic E-state index is 0.379. The first-order chi connectivity index (χ1) is 6.34. The van der Waals surface area contributed by atoms with Crippen LogP contribution in [0.5, 0.6) is 0 Å². The van der Waals surface area contributed by atoms with Gasteiger partial charge in [-0.15, -0.1) is 0 Å². The van der Waals surface area contributed by atoms with Gasteiger partial charge in [0.1, 0.15) is 0 Å². The Kier molecular flexibility index (Phi) is 4.93. The van der Waals surface area contributed by atoms with E-state index in [-0.39, 0.29) is 0 Å². The van der Waals surface area contributed by atoms with Crippen LogP contribution in [0, 0.1) is 0 Å². The fraction of sp³-hybridized carbons (Fsp3) is 0.667. The van der Waals surface area contributed by atoms with Gasteiger partial charge in [0.25, 0.3) is 0 Å². The quantitative estimate of drug-likeness (QED) is 0.687. The normalized spacial score (nSPS) is 13.1. The molecule has 0 saturated heterocycles. The molecule has 3 nitrogen and oxygen atoms in total. The molecule has 0 aromatic carbocycles. The van der Waals surface area contributed by atoms with E-state index in [9.17, 15) is 0 Å². The molecule has 0 amide bonds. The predicted octanol–water partition coefficient (Wildman–Crippen LogP) is 1.81. The smallest absolute Gasteiger partial charge is 0.0518 e. The molecule has 74 valence electrons. The molecule has 1 aromatic rings. The molecule has 0 aliphatic carbocycles. The van der Waals surface area contributed by atoms with Crippen LogP contribution in [0.3, 0.4) is 0 Å². The number of rotatable bonds is 6. The fourth-order valence-electron chi connectivity index (χ4n) is 1.15. The lowest BCUT2D eigenvalue weighted by Crippen LogP contribution is -2.20. The average molecular weight is 199 g/mol. The second kappa shape index (κ2) is 6.05. The van der Waals surface area contributed by atoms with Crippen molar-refractivity contribution in [3.05, 3.63) is 18.0 Å². The largest absolute Gasteiger partial charge is 0.309 e. The molecule has 2 N–H and O–H groups in total. The molecule has 1 heterocycles. The summed E-state index contributed by atoms with van der Waals surface area (Å²) in [6.45, 7) is 3.22. The summed E-state index contributed by atoms with van der Waals surface area (Å²) >= 11 is 1.89. The summed E-state index contributed by atoms with van der Waals surface area (Å²) in [4.78, 5) is 0. The molecule has 0 aliphatic rings. The van der Waals surface area contributed by atoms with Gasteiger partial charge in [0.2, 0.25) is 0 Å². The van der Waals surface area contributed by atoms with Crippen LogP contribution in [-0.2, 0) is 0 Å². The van der Waals surface area contributed by atoms with Crippen LogP contribution < -0.4 is 5.32 Å². The molecule has 0 radical (unpaired) electrons. The lowest BCUT2D eigenvalue weighted by molar-refractivity contribution is 0.559. The van der Waals surface area contributed by atoms with E-state index in [0.717, 1.165) is 12.2 Å². The predicted molar refractivity (Wildman–Crippen MR) is 58.0 cm³/mol. The van der Waals surface area contributed by atoms with E-state index in [4.69, 9.17) is 0 Å². The van der Waals surface area contributed by atoms with Crippen LogP contribution in [0.2, 0.25) is 0 Å². The van der Waals surface area contributed by atoms with Gasteiger partial charge in [-0.2, -0.15) is 16.9 Å². The van der Waals surface area contributed by atoms with E-state index < -0.39 is 0 Å². The minimum Gasteiger partial charge on any atom is -0.309 e. The molecule has 1 unspecified atom stereocenters. The highest BCUT2D eigenvalue weighted by molar-refractivity contribution is 7.98. The van der Waals surface area contributed by atoms with Crippen LogP contribution >= 0.6 is 11.8 Å². The van der Waals surface area contributed by atoms with Crippen molar-refractivity contribution in [1.82, 2.24) is 15.5 Å². The van der Waals surface area contributed by atoms with Crippen molar-refractivity contribution in [2.75, 3.05) is 18.6 Å². The summed E-state index contributed by atoms with van der Waals surface area (Å²) in [7, 11) is 0. The zero-order valence-electron chi connectivity index (χ0n) is 8.21. The van der Waals surface area contributed by atoms with Crippen LogP contribution in [0.4, 0.5) is 0 Å². The summed E-state index contributed by atoms with van der Waals surface area (Å²) < 4.78 is 0. The van der Waals surface area contributed by atoms with Gasteiger partial charge in [-0.1, -0.05) is 0 Å². The first kappa shape index (κ1) is 10.6. The molecule has 0 fully saturated rings. The van der Waals surface area contributed by atoms with Crippen LogP contribution in [-0.4, -0.2) is 28.8 Å². The number of H-pyrrole nitrogens is 1. The monoisotopic (exact) mass is 199 g/mol. The molecule has 0 bridgehead atoms. The van der Waals surface area contributed by atoms with Gasteiger partial charge in [0.15, 0.2) is 0 Å². The highest BCUT2D eigenvalue weighted by Gasteiger charge is 2.03. The van der Waals surface area contributed by atoms with Crippen molar-refractivity contribution in [2.24, 2.45) is 0 Å². The fourth-order valence-corrected chi connectivity index (χ4v) is 1.59. The molecule has 0 saturated carbocycles. The van der Waals surface area contributed by atoms with Crippen molar-refractivity contribution in [2.45, 2.75) is 19.4 Å². The van der Waals surface area contributed by atoms with Gasteiger partial charge in [-0.25, -0.2) is 0 Å². The van der Waals surface area contributed by atoms with Gasteiger partial charge < -0.3 is 5.32 Å². The number of thioether (sulfide) groups is 1. The van der Waals surface area contributed by atoms with Crippen molar-refractivity contribution < 1.29 is 0 Å². The molecule has 0 aliphatic heterocycles. The maximum atomic E-state index is 3.92. The van der Waals surface area contributed by atoms with E-state index in [0.29, 0.717) is 6.04 Å². The van der Waals surface area contributed by atoms with Gasteiger partial charge >= 0.3 is 0 Å². The Morgan fingerprint density at radius 2 is 2.54 bits per heavy atom. The molecule has 0 spiro atoms. The summed E-state index contributed by atoms with van der Waals surface area (Å²) in [5, 5.41) is 10.3. The summed E-state index contributed by atoms with van der Waals surface area (Å²) in [5.74, 6) is 1.22. The first-order valence-corrected chi connectivity index (χ1v) is 5.95. The van der Waals surface area contributed by atoms with Crippen molar-refractivity contribution in [3.63, 3.8) is 0 Å². The maximum Gasteiger partial charge on any atom is 0.0518 e. The Morgan fingerprint density at radius 1 is 1.69 bits per heavy atom. The molecular weight excluding hydrogens is 182 g/mol. The molecule has 1 aromatic heterocycles. The topological polar surface area (TPSA) is 40.7 Å². The van der Waals surface area contributed by atoms with E-state index in [1.807, 2.05) is 17.8 Å². The molecular formula is C9H17N3S. The highest BCUT2D eigenvalue weighted by atomic mass is 32.2. The SMILES string of the molecule is CSCCCNC(C)c1ccn[nH]1. The Hall–Kier alpha value is -0.480. The first-order valence-electron chi connectivity index (χ1n) is 4.56. The number of nitrogens with one attached hydrogen (secondary N) is 2. The van der Waals surface area contributed by atoms with Crippen molar-refractivity contribution in [3.8, 4) is 0 Å². The molecule has 1 atom stereocenters. The Balaban J connectivity index is 2.15. The zero-order chi connectivity index (χ0) is 9.52. The number of hydrogen-bond acceptors (Lipinski definition) is 3. The Morgan fingerprint density at radius 3 is 3.15 bits per heavy atom. The highest BCUT2D eigenvalue weighted by Crippen LogP contribution is 2.07. The van der Waals surface area contributed by atoms with Gasteiger partial charge in [0, 0.05) is 12.2 Å².